The van der Waals surface area contributed by atoms with Crippen LogP contribution in [0.25, 0.3) is 0 Å². The Morgan fingerprint density at radius 3 is 3.13 bits per heavy atom. The smallest absolute Gasteiger partial charge is 0.412 e. The van der Waals surface area contributed by atoms with Crippen LogP contribution in [0.1, 0.15) is 19.8 Å². The van der Waals surface area contributed by atoms with Crippen molar-refractivity contribution < 1.29 is 9.53 Å². The van der Waals surface area contributed by atoms with Gasteiger partial charge in [0.05, 0.1) is 6.61 Å². The Bertz CT molecular complexity index is 333. The number of nitrogens with one attached hydrogen (secondary N) is 1. The Hall–Kier alpha value is -1.36. The fourth-order valence-electron chi connectivity index (χ4n) is 0.854. The summed E-state index contributed by atoms with van der Waals surface area (Å²) < 4.78 is 4.87. The van der Waals surface area contributed by atoms with Crippen LogP contribution in [0.2, 0.25) is 5.28 Å². The monoisotopic (exact) mass is 229 g/mol. The van der Waals surface area contributed by atoms with Crippen molar-refractivity contribution >= 4 is 23.5 Å². The van der Waals surface area contributed by atoms with Gasteiger partial charge in [0.2, 0.25) is 5.28 Å². The predicted octanol–water partition coefficient (Wildman–Crippen LogP) is 2.48. The molecule has 0 radical (unpaired) electrons. The van der Waals surface area contributed by atoms with Crippen molar-refractivity contribution in [1.82, 2.24) is 9.97 Å². The number of nitrogens with zero attached hydrogens (tertiary/aromatic N) is 2. The number of carbonyl (C=O) groups is 1. The van der Waals surface area contributed by atoms with Crippen LogP contribution < -0.4 is 5.32 Å². The molecule has 0 fully saturated rings. The van der Waals surface area contributed by atoms with Crippen molar-refractivity contribution in [2.75, 3.05) is 11.9 Å². The Balaban J connectivity index is 2.37. The number of unbranched alkanes of at least 4 members (excludes halogenated alkanes) is 1. The van der Waals surface area contributed by atoms with E-state index in [1.807, 2.05) is 6.92 Å². The van der Waals surface area contributed by atoms with Gasteiger partial charge >= 0.3 is 6.09 Å². The van der Waals surface area contributed by atoms with E-state index in [9.17, 15) is 4.79 Å². The number of hydrogen-bond acceptors (Lipinski definition) is 4. The maximum absolute atomic E-state index is 11.2. The molecular weight excluding hydrogens is 218 g/mol. The van der Waals surface area contributed by atoms with Gasteiger partial charge in [-0.25, -0.2) is 14.8 Å². The molecule has 6 heteroatoms. The lowest BCUT2D eigenvalue weighted by atomic mass is 10.4. The Labute approximate surface area is 92.8 Å². The second-order valence-corrected chi connectivity index (χ2v) is 3.16. The third-order valence-electron chi connectivity index (χ3n) is 1.59. The van der Waals surface area contributed by atoms with Crippen molar-refractivity contribution in [3.63, 3.8) is 0 Å². The standard InChI is InChI=1S/C9H12ClN3O2/c1-2-3-6-15-9(14)13-7-4-5-11-8(10)12-7/h4-5H,2-3,6H2,1H3,(H,11,12,13,14). The lowest BCUT2D eigenvalue weighted by Crippen LogP contribution is -2.15. The Kier molecular flexibility index (Phi) is 4.83. The summed E-state index contributed by atoms with van der Waals surface area (Å²) in [6.07, 6.45) is 2.75. The highest BCUT2D eigenvalue weighted by Gasteiger charge is 2.03. The molecule has 0 saturated carbocycles. The zero-order valence-corrected chi connectivity index (χ0v) is 9.12. The van der Waals surface area contributed by atoms with Crippen LogP contribution in [-0.2, 0) is 4.74 Å². The molecule has 1 rings (SSSR count). The summed E-state index contributed by atoms with van der Waals surface area (Å²) in [5, 5.41) is 2.53. The molecule has 15 heavy (non-hydrogen) atoms. The number of amides is 1. The van der Waals surface area contributed by atoms with Crippen LogP contribution in [0.15, 0.2) is 12.3 Å². The van der Waals surface area contributed by atoms with Crippen LogP contribution in [0, 0.1) is 0 Å². The maximum Gasteiger partial charge on any atom is 0.412 e. The molecular formula is C9H12ClN3O2. The van der Waals surface area contributed by atoms with Gasteiger partial charge in [0.25, 0.3) is 0 Å². The lowest BCUT2D eigenvalue weighted by Gasteiger charge is -2.05. The first-order chi connectivity index (χ1) is 7.22. The van der Waals surface area contributed by atoms with Gasteiger partial charge in [-0.15, -0.1) is 0 Å². The second kappa shape index (κ2) is 6.19. The van der Waals surface area contributed by atoms with Crippen molar-refractivity contribution in [3.05, 3.63) is 17.5 Å². The zero-order valence-electron chi connectivity index (χ0n) is 8.36. The number of ether oxygens (including phenoxy) is 1. The number of anilines is 1. The van der Waals surface area contributed by atoms with Gasteiger partial charge in [0, 0.05) is 6.20 Å². The summed E-state index contributed by atoms with van der Waals surface area (Å²) in [7, 11) is 0. The topological polar surface area (TPSA) is 64.1 Å². The van der Waals surface area contributed by atoms with E-state index >= 15 is 0 Å². The molecule has 1 aromatic heterocycles. The average molecular weight is 230 g/mol. The molecule has 5 nitrogen and oxygen atoms in total. The van der Waals surface area contributed by atoms with Gasteiger partial charge in [-0.2, -0.15) is 0 Å². The molecule has 1 amide bonds. The van der Waals surface area contributed by atoms with Crippen LogP contribution in [0.3, 0.4) is 0 Å². The number of rotatable bonds is 4. The highest BCUT2D eigenvalue weighted by Crippen LogP contribution is 2.06. The van der Waals surface area contributed by atoms with E-state index in [0.29, 0.717) is 12.4 Å². The fourth-order valence-corrected chi connectivity index (χ4v) is 1.00. The molecule has 0 bridgehead atoms. The third-order valence-corrected chi connectivity index (χ3v) is 1.77. The quantitative estimate of drug-likeness (QED) is 0.636. The molecule has 1 aromatic rings. The van der Waals surface area contributed by atoms with Gasteiger partial charge in [-0.1, -0.05) is 13.3 Å². The Morgan fingerprint density at radius 1 is 1.67 bits per heavy atom. The number of carbonyl (C=O) groups excluding carboxylic acids is 1. The van der Waals surface area contributed by atoms with E-state index in [2.05, 4.69) is 15.3 Å². The van der Waals surface area contributed by atoms with Gasteiger partial charge in [0.1, 0.15) is 5.82 Å². The fraction of sp³-hybridized carbons (Fsp3) is 0.444. The first-order valence-electron chi connectivity index (χ1n) is 4.64. The van der Waals surface area contributed by atoms with Gasteiger partial charge in [-0.3, -0.25) is 5.32 Å². The zero-order chi connectivity index (χ0) is 11.1. The van der Waals surface area contributed by atoms with Gasteiger partial charge in [0.15, 0.2) is 0 Å². The van der Waals surface area contributed by atoms with Crippen molar-refractivity contribution in [1.29, 1.82) is 0 Å². The van der Waals surface area contributed by atoms with E-state index in [-0.39, 0.29) is 5.28 Å². The van der Waals surface area contributed by atoms with Gasteiger partial charge in [-0.05, 0) is 24.1 Å². The third kappa shape index (κ3) is 4.60. The summed E-state index contributed by atoms with van der Waals surface area (Å²) >= 11 is 5.54. The first-order valence-corrected chi connectivity index (χ1v) is 5.02. The normalized spacial score (nSPS) is 9.73. The Morgan fingerprint density at radius 2 is 2.47 bits per heavy atom. The SMILES string of the molecule is CCCCOC(=O)Nc1ccnc(Cl)n1. The summed E-state index contributed by atoms with van der Waals surface area (Å²) in [5.74, 6) is 0.330. The number of aromatic nitrogens is 2. The molecule has 82 valence electrons. The molecule has 0 aliphatic rings. The minimum Gasteiger partial charge on any atom is -0.449 e. The summed E-state index contributed by atoms with van der Waals surface area (Å²) in [6, 6.07) is 1.53. The van der Waals surface area contributed by atoms with E-state index in [1.54, 1.807) is 0 Å². The summed E-state index contributed by atoms with van der Waals surface area (Å²) in [4.78, 5) is 18.6. The van der Waals surface area contributed by atoms with Crippen molar-refractivity contribution in [2.24, 2.45) is 0 Å². The molecule has 0 unspecified atom stereocenters. The molecule has 0 aromatic carbocycles. The van der Waals surface area contributed by atoms with Crippen molar-refractivity contribution in [2.45, 2.75) is 19.8 Å². The van der Waals surface area contributed by atoms with E-state index in [1.165, 1.54) is 12.3 Å². The lowest BCUT2D eigenvalue weighted by molar-refractivity contribution is 0.160. The highest BCUT2D eigenvalue weighted by atomic mass is 35.5. The second-order valence-electron chi connectivity index (χ2n) is 2.83. The van der Waals surface area contributed by atoms with Crippen LogP contribution >= 0.6 is 11.6 Å². The minimum absolute atomic E-state index is 0.0846. The molecule has 1 N–H and O–H groups in total. The minimum atomic E-state index is -0.529. The maximum atomic E-state index is 11.2. The molecule has 0 aliphatic carbocycles. The van der Waals surface area contributed by atoms with E-state index < -0.39 is 6.09 Å². The van der Waals surface area contributed by atoms with Crippen LogP contribution in [0.5, 0.6) is 0 Å². The van der Waals surface area contributed by atoms with E-state index in [0.717, 1.165) is 12.8 Å². The van der Waals surface area contributed by atoms with E-state index in [4.69, 9.17) is 16.3 Å². The predicted molar refractivity (Wildman–Crippen MR) is 56.9 cm³/mol. The molecule has 0 spiro atoms. The molecule has 0 saturated heterocycles. The summed E-state index contributed by atoms with van der Waals surface area (Å²) in [5.41, 5.74) is 0. The van der Waals surface area contributed by atoms with Crippen molar-refractivity contribution in [3.8, 4) is 0 Å². The van der Waals surface area contributed by atoms with Crippen LogP contribution in [0.4, 0.5) is 10.6 Å². The van der Waals surface area contributed by atoms with Gasteiger partial charge < -0.3 is 4.74 Å². The average Bonchev–Trinajstić information content (AvgIpc) is 2.18. The molecule has 0 atom stereocenters. The molecule has 1 heterocycles. The first kappa shape index (κ1) is 11.7. The van der Waals surface area contributed by atoms with Crippen LogP contribution in [-0.4, -0.2) is 22.7 Å². The molecule has 0 aliphatic heterocycles. The number of halogens is 1. The number of hydrogen-bond donors (Lipinski definition) is 1. The summed E-state index contributed by atoms with van der Waals surface area (Å²) in [6.45, 7) is 2.42. The largest absolute Gasteiger partial charge is 0.449 e. The highest BCUT2D eigenvalue weighted by molar-refractivity contribution is 6.28.